The quantitative estimate of drug-likeness (QED) is 0.482. The van der Waals surface area contributed by atoms with Gasteiger partial charge in [0.1, 0.15) is 12.4 Å². The van der Waals surface area contributed by atoms with E-state index in [2.05, 4.69) is 17.0 Å². The van der Waals surface area contributed by atoms with E-state index in [0.29, 0.717) is 45.0 Å². The molecule has 1 saturated heterocycles. The molecule has 0 radical (unpaired) electrons. The Kier molecular flexibility index (Phi) is 9.97. The number of primary amides is 1. The topological polar surface area (TPSA) is 96.1 Å². The molecule has 7 heteroatoms. The van der Waals surface area contributed by atoms with Crippen LogP contribution in [0.4, 0.5) is 5.69 Å². The van der Waals surface area contributed by atoms with Crippen molar-refractivity contribution in [1.82, 2.24) is 4.90 Å². The lowest BCUT2D eigenvalue weighted by molar-refractivity contribution is -0.132. The molecule has 0 aliphatic carbocycles. The lowest BCUT2D eigenvalue weighted by Crippen LogP contribution is -2.47. The number of benzene rings is 2. The number of nitrogens with two attached hydrogens (primary N) is 1. The molecule has 2 amide bonds. The summed E-state index contributed by atoms with van der Waals surface area (Å²) in [6, 6.07) is 18.5. The zero-order valence-corrected chi connectivity index (χ0v) is 20.9. The van der Waals surface area contributed by atoms with Crippen molar-refractivity contribution in [2.24, 2.45) is 11.7 Å². The molecule has 2 atom stereocenters. The second-order valence-electron chi connectivity index (χ2n) is 9.55. The number of likely N-dealkylation sites (tertiary alicyclic amines) is 1. The number of ether oxygens (including phenoxy) is 1. The van der Waals surface area contributed by atoms with Gasteiger partial charge >= 0.3 is 0 Å². The first-order valence-electron chi connectivity index (χ1n) is 12.6. The maximum atomic E-state index is 12.6. The molecule has 3 N–H and O–H groups in total. The molecule has 190 valence electrons. The van der Waals surface area contributed by atoms with Crippen LogP contribution in [0.3, 0.4) is 0 Å². The minimum Gasteiger partial charge on any atom is -0.489 e. The van der Waals surface area contributed by atoms with Crippen molar-refractivity contribution in [2.45, 2.75) is 64.7 Å². The van der Waals surface area contributed by atoms with Gasteiger partial charge < -0.3 is 25.4 Å². The summed E-state index contributed by atoms with van der Waals surface area (Å²) >= 11 is 0. The maximum Gasteiger partial charge on any atom is 0.222 e. The number of amides is 2. The highest BCUT2D eigenvalue weighted by molar-refractivity contribution is 5.79. The molecule has 35 heavy (non-hydrogen) atoms. The summed E-state index contributed by atoms with van der Waals surface area (Å²) in [7, 11) is 0. The highest BCUT2D eigenvalue weighted by Crippen LogP contribution is 2.27. The van der Waals surface area contributed by atoms with Crippen molar-refractivity contribution >= 4 is 17.5 Å². The summed E-state index contributed by atoms with van der Waals surface area (Å²) in [4.78, 5) is 28.1. The smallest absolute Gasteiger partial charge is 0.222 e. The van der Waals surface area contributed by atoms with E-state index in [4.69, 9.17) is 10.5 Å². The number of hydrogen-bond donors (Lipinski definition) is 2. The van der Waals surface area contributed by atoms with E-state index in [1.807, 2.05) is 54.3 Å². The minimum absolute atomic E-state index is 0.0898. The van der Waals surface area contributed by atoms with Crippen LogP contribution in [0.15, 0.2) is 54.6 Å². The molecule has 1 aliphatic heterocycles. The molecule has 0 spiro atoms. The van der Waals surface area contributed by atoms with Crippen LogP contribution < -0.4 is 15.4 Å². The molecule has 3 rings (SSSR count). The standard InChI is InChI=1S/C28H39N3O4/c1-21(28(29)34)8-13-27(33)30-17-15-25(16-18-30)31(19-14-22(2)32)24-9-11-26(12-10-24)35-20-23-6-4-3-5-7-23/h3-7,9-12,21-22,25,32H,8,13-20H2,1-2H3,(H2,29,34). The molecule has 0 bridgehead atoms. The summed E-state index contributed by atoms with van der Waals surface area (Å²) in [5, 5.41) is 9.89. The first kappa shape index (κ1) is 26.5. The van der Waals surface area contributed by atoms with Crippen molar-refractivity contribution in [3.63, 3.8) is 0 Å². The molecule has 7 nitrogen and oxygen atoms in total. The zero-order valence-electron chi connectivity index (χ0n) is 20.9. The molecule has 1 aliphatic rings. The number of aliphatic hydroxyl groups excluding tert-OH is 1. The van der Waals surface area contributed by atoms with Crippen LogP contribution in [0, 0.1) is 5.92 Å². The van der Waals surface area contributed by atoms with E-state index in [-0.39, 0.29) is 23.8 Å². The Balaban J connectivity index is 1.57. The Labute approximate surface area is 208 Å². The van der Waals surface area contributed by atoms with E-state index >= 15 is 0 Å². The molecule has 2 aromatic rings. The Morgan fingerprint density at radius 3 is 2.31 bits per heavy atom. The van der Waals surface area contributed by atoms with Crippen LogP contribution in [0.5, 0.6) is 5.75 Å². The zero-order chi connectivity index (χ0) is 25.2. The summed E-state index contributed by atoms with van der Waals surface area (Å²) in [5.74, 6) is 0.263. The summed E-state index contributed by atoms with van der Waals surface area (Å²) in [5.41, 5.74) is 7.54. The van der Waals surface area contributed by atoms with Crippen LogP contribution in [0.25, 0.3) is 0 Å². The van der Waals surface area contributed by atoms with Crippen molar-refractivity contribution < 1.29 is 19.4 Å². The lowest BCUT2D eigenvalue weighted by atomic mass is 10.00. The number of nitrogens with zero attached hydrogens (tertiary/aromatic N) is 2. The minimum atomic E-state index is -0.375. The number of rotatable bonds is 12. The van der Waals surface area contributed by atoms with Gasteiger partial charge in [-0.05, 0) is 62.4 Å². The Morgan fingerprint density at radius 1 is 1.06 bits per heavy atom. The molecule has 0 saturated carbocycles. The number of hydrogen-bond acceptors (Lipinski definition) is 5. The third kappa shape index (κ3) is 8.28. The van der Waals surface area contributed by atoms with Crippen LogP contribution in [0.1, 0.15) is 51.5 Å². The van der Waals surface area contributed by atoms with Crippen molar-refractivity contribution in [1.29, 1.82) is 0 Å². The fourth-order valence-electron chi connectivity index (χ4n) is 4.39. The van der Waals surface area contributed by atoms with E-state index in [0.717, 1.165) is 36.4 Å². The maximum absolute atomic E-state index is 12.6. The second-order valence-corrected chi connectivity index (χ2v) is 9.55. The molecule has 2 aromatic carbocycles. The van der Waals surface area contributed by atoms with Crippen LogP contribution in [-0.2, 0) is 16.2 Å². The Morgan fingerprint density at radius 2 is 1.71 bits per heavy atom. The number of aliphatic hydroxyl groups is 1. The second kappa shape index (κ2) is 13.1. The van der Waals surface area contributed by atoms with Gasteiger partial charge in [0, 0.05) is 43.7 Å². The summed E-state index contributed by atoms with van der Waals surface area (Å²) in [6.45, 7) is 6.23. The Bertz CT molecular complexity index is 925. The first-order chi connectivity index (χ1) is 16.8. The van der Waals surface area contributed by atoms with Crippen molar-refractivity contribution in [3.8, 4) is 5.75 Å². The number of anilines is 1. The highest BCUT2D eigenvalue weighted by Gasteiger charge is 2.27. The predicted molar refractivity (Wildman–Crippen MR) is 138 cm³/mol. The normalized spacial score (nSPS) is 15.9. The average molecular weight is 482 g/mol. The van der Waals surface area contributed by atoms with Gasteiger partial charge in [0.15, 0.2) is 0 Å². The van der Waals surface area contributed by atoms with E-state index < -0.39 is 0 Å². The number of carbonyl (C=O) groups excluding carboxylic acids is 2. The van der Waals surface area contributed by atoms with Gasteiger partial charge in [-0.1, -0.05) is 37.3 Å². The van der Waals surface area contributed by atoms with Gasteiger partial charge in [-0.2, -0.15) is 0 Å². The van der Waals surface area contributed by atoms with Gasteiger partial charge in [-0.15, -0.1) is 0 Å². The SMILES string of the molecule is CC(O)CCN(c1ccc(OCc2ccccc2)cc1)C1CCN(C(=O)CCC(C)C(N)=O)CC1. The molecular weight excluding hydrogens is 442 g/mol. The third-order valence-corrected chi connectivity index (χ3v) is 6.74. The fourth-order valence-corrected chi connectivity index (χ4v) is 4.39. The largest absolute Gasteiger partial charge is 0.489 e. The fraction of sp³-hybridized carbons (Fsp3) is 0.500. The van der Waals surface area contributed by atoms with Crippen LogP contribution in [0.2, 0.25) is 0 Å². The Hall–Kier alpha value is -3.06. The molecular formula is C28H39N3O4. The van der Waals surface area contributed by atoms with Gasteiger partial charge in [0.25, 0.3) is 0 Å². The molecule has 1 fully saturated rings. The molecule has 1 heterocycles. The summed E-state index contributed by atoms with van der Waals surface area (Å²) < 4.78 is 5.93. The lowest BCUT2D eigenvalue weighted by Gasteiger charge is -2.40. The summed E-state index contributed by atoms with van der Waals surface area (Å²) in [6.07, 6.45) is 2.88. The van der Waals surface area contributed by atoms with E-state index in [9.17, 15) is 14.7 Å². The monoisotopic (exact) mass is 481 g/mol. The van der Waals surface area contributed by atoms with Gasteiger partial charge in [0.2, 0.25) is 11.8 Å². The molecule has 0 aromatic heterocycles. The molecule has 2 unspecified atom stereocenters. The third-order valence-electron chi connectivity index (χ3n) is 6.74. The number of carbonyl (C=O) groups is 2. The van der Waals surface area contributed by atoms with E-state index in [1.54, 1.807) is 6.92 Å². The van der Waals surface area contributed by atoms with Gasteiger partial charge in [0.05, 0.1) is 6.10 Å². The van der Waals surface area contributed by atoms with Crippen molar-refractivity contribution in [2.75, 3.05) is 24.5 Å². The predicted octanol–water partition coefficient (Wildman–Crippen LogP) is 3.74. The van der Waals surface area contributed by atoms with Gasteiger partial charge in [-0.3, -0.25) is 9.59 Å². The average Bonchev–Trinajstić information content (AvgIpc) is 2.87. The van der Waals surface area contributed by atoms with Gasteiger partial charge in [-0.25, -0.2) is 0 Å². The number of piperidine rings is 1. The van der Waals surface area contributed by atoms with Crippen LogP contribution in [-0.4, -0.2) is 53.6 Å². The first-order valence-corrected chi connectivity index (χ1v) is 12.6. The highest BCUT2D eigenvalue weighted by atomic mass is 16.5. The van der Waals surface area contributed by atoms with E-state index in [1.165, 1.54) is 0 Å². The van der Waals surface area contributed by atoms with Crippen molar-refractivity contribution in [3.05, 3.63) is 60.2 Å². The van der Waals surface area contributed by atoms with Crippen LogP contribution >= 0.6 is 0 Å².